The lowest BCUT2D eigenvalue weighted by molar-refractivity contribution is -0.140. The highest BCUT2D eigenvalue weighted by molar-refractivity contribution is 7.92. The zero-order chi connectivity index (χ0) is 49.5. The molecule has 4 aliphatic carbocycles. The topological polar surface area (TPSA) is 244 Å². The molecule has 8 rings (SSSR count). The van der Waals surface area contributed by atoms with Gasteiger partial charge in [0.05, 0.1) is 91.4 Å². The molecule has 0 aliphatic heterocycles. The third-order valence-corrected chi connectivity index (χ3v) is 17.1. The van der Waals surface area contributed by atoms with E-state index in [2.05, 4.69) is 30.6 Å². The van der Waals surface area contributed by atoms with Crippen LogP contribution in [0.15, 0.2) is 83.4 Å². The molecular formula is C44H42F6N8O8S2. The van der Waals surface area contributed by atoms with Gasteiger partial charge in [-0.25, -0.2) is 16.8 Å². The number of ether oxygens (including phenoxy) is 2. The maximum absolute atomic E-state index is 13.9. The number of alkyl halides is 6. The number of nitrogens with one attached hydrogen (secondary N) is 2. The van der Waals surface area contributed by atoms with Crippen molar-refractivity contribution in [1.82, 2.24) is 30.6 Å². The van der Waals surface area contributed by atoms with Crippen LogP contribution < -0.4 is 10.6 Å². The van der Waals surface area contributed by atoms with Crippen LogP contribution in [0.1, 0.15) is 62.5 Å². The minimum atomic E-state index is -4.94. The van der Waals surface area contributed by atoms with Crippen molar-refractivity contribution in [3.8, 4) is 34.7 Å². The van der Waals surface area contributed by atoms with Crippen LogP contribution >= 0.6 is 0 Å². The molecule has 0 saturated heterocycles. The Bertz CT molecular complexity index is 2680. The van der Waals surface area contributed by atoms with Crippen molar-refractivity contribution >= 4 is 31.5 Å². The van der Waals surface area contributed by atoms with Crippen molar-refractivity contribution < 1.29 is 62.2 Å². The van der Waals surface area contributed by atoms with E-state index in [4.69, 9.17) is 9.47 Å². The molecule has 2 heterocycles. The minimum absolute atomic E-state index is 0.0732. The standard InChI is InChI=1S/2C22H21F3N4O4S/c2*1-33-18-10-14(9-15(18)20(30)29-21(12-26)4-5-21)34(31,32)19-3-2-13(8-16(19)22(23,24)25)17-11-27-6-7-28-17/h2*2-3,6-8,11,14-15,18H,4-5,9-10H2,1H3,(H,29,30)/t14-,15?,18-;14-,15-,18-/m01/s1. The van der Waals surface area contributed by atoms with Crippen molar-refractivity contribution in [2.75, 3.05) is 14.2 Å². The third kappa shape index (κ3) is 10.3. The zero-order valence-corrected chi connectivity index (χ0v) is 37.7. The largest absolute Gasteiger partial charge is 0.417 e. The SMILES string of the molecule is CO[C@@H]1C[C@H](S(=O)(=O)c2ccc(-c3cnccn3)cc2C(F)(F)F)C[C@H]1C(=O)NC1(C#N)CC1.CO[C@H]1C[C@@H](S(=O)(=O)c2ccc(-c3cnccn3)cc2C(F)(F)F)CC1C(=O)NC1(C#N)CC1. The van der Waals surface area contributed by atoms with Gasteiger partial charge in [-0.1, -0.05) is 12.1 Å². The third-order valence-electron chi connectivity index (χ3n) is 12.6. The van der Waals surface area contributed by atoms with Gasteiger partial charge >= 0.3 is 12.4 Å². The second kappa shape index (κ2) is 18.8. The maximum Gasteiger partial charge on any atom is 0.417 e. The Morgan fingerprint density at radius 1 is 0.632 bits per heavy atom. The van der Waals surface area contributed by atoms with E-state index in [1.165, 1.54) is 63.5 Å². The van der Waals surface area contributed by atoms with E-state index in [9.17, 15) is 63.3 Å². The van der Waals surface area contributed by atoms with E-state index >= 15 is 0 Å². The number of nitrogens with zero attached hydrogens (tertiary/aromatic N) is 6. The predicted octanol–water partition coefficient (Wildman–Crippen LogP) is 5.80. The van der Waals surface area contributed by atoms with Crippen LogP contribution in [-0.2, 0) is 51.1 Å². The number of sulfone groups is 2. The molecule has 68 heavy (non-hydrogen) atoms. The molecule has 4 aliphatic rings. The first-order chi connectivity index (χ1) is 32.0. The van der Waals surface area contributed by atoms with Gasteiger partial charge in [-0.2, -0.15) is 36.9 Å². The van der Waals surface area contributed by atoms with Crippen LogP contribution in [0.4, 0.5) is 26.3 Å². The van der Waals surface area contributed by atoms with Gasteiger partial charge in [-0.05, 0) is 75.6 Å². The lowest BCUT2D eigenvalue weighted by atomic mass is 10.0. The number of carbonyl (C=O) groups excluding carboxylic acids is 2. The fraction of sp³-hybridized carbons (Fsp3) is 0.455. The molecule has 4 fully saturated rings. The predicted molar refractivity (Wildman–Crippen MR) is 225 cm³/mol. The highest BCUT2D eigenvalue weighted by Crippen LogP contribution is 2.45. The number of aromatic nitrogens is 4. The molecule has 24 heteroatoms. The number of carbonyl (C=O) groups is 2. The zero-order valence-electron chi connectivity index (χ0n) is 36.1. The molecule has 2 N–H and O–H groups in total. The van der Waals surface area contributed by atoms with Crippen molar-refractivity contribution in [1.29, 1.82) is 10.5 Å². The number of nitriles is 2. The molecule has 6 atom stereocenters. The van der Waals surface area contributed by atoms with Gasteiger partial charge in [0.15, 0.2) is 19.7 Å². The molecule has 360 valence electrons. The van der Waals surface area contributed by atoms with E-state index in [-0.39, 0.29) is 48.2 Å². The monoisotopic (exact) mass is 988 g/mol. The summed E-state index contributed by atoms with van der Waals surface area (Å²) in [6.45, 7) is 0. The van der Waals surface area contributed by atoms with E-state index < -0.39 is 110 Å². The lowest BCUT2D eigenvalue weighted by Gasteiger charge is -2.19. The molecular weight excluding hydrogens is 947 g/mol. The van der Waals surface area contributed by atoms with Crippen LogP contribution in [0.25, 0.3) is 22.5 Å². The van der Waals surface area contributed by atoms with E-state index in [0.717, 1.165) is 24.3 Å². The average Bonchev–Trinajstić information content (AvgIpc) is 4.17. The van der Waals surface area contributed by atoms with Crippen LogP contribution in [0, 0.1) is 34.5 Å². The second-order valence-electron chi connectivity index (χ2n) is 17.0. The summed E-state index contributed by atoms with van der Waals surface area (Å²) in [5.74, 6) is -2.86. The lowest BCUT2D eigenvalue weighted by Crippen LogP contribution is -2.42. The Kier molecular flexibility index (Phi) is 13.8. The first kappa shape index (κ1) is 49.8. The van der Waals surface area contributed by atoms with Gasteiger partial charge in [0.1, 0.15) is 11.1 Å². The van der Waals surface area contributed by atoms with Gasteiger partial charge < -0.3 is 20.1 Å². The number of hydrogen-bond acceptors (Lipinski definition) is 14. The van der Waals surface area contributed by atoms with Gasteiger partial charge in [0.25, 0.3) is 0 Å². The summed E-state index contributed by atoms with van der Waals surface area (Å²) in [5, 5.41) is 21.2. The summed E-state index contributed by atoms with van der Waals surface area (Å²) in [6.07, 6.45) is -2.28. The summed E-state index contributed by atoms with van der Waals surface area (Å²) in [5.41, 5.74) is -4.04. The number of hydrogen-bond donors (Lipinski definition) is 2. The highest BCUT2D eigenvalue weighted by Gasteiger charge is 2.53. The molecule has 16 nitrogen and oxygen atoms in total. The van der Waals surface area contributed by atoms with Crippen LogP contribution in [0.2, 0.25) is 0 Å². The average molecular weight is 989 g/mol. The highest BCUT2D eigenvalue weighted by atomic mass is 32.2. The molecule has 0 bridgehead atoms. The van der Waals surface area contributed by atoms with Gasteiger partial charge in [-0.3, -0.25) is 29.5 Å². The molecule has 0 radical (unpaired) electrons. The van der Waals surface area contributed by atoms with E-state index in [1.807, 2.05) is 12.1 Å². The summed E-state index contributed by atoms with van der Waals surface area (Å²) >= 11 is 0. The number of amides is 2. The number of halogens is 6. The van der Waals surface area contributed by atoms with Crippen molar-refractivity contribution in [3.63, 3.8) is 0 Å². The second-order valence-corrected chi connectivity index (χ2v) is 21.4. The van der Waals surface area contributed by atoms with E-state index in [1.54, 1.807) is 0 Å². The Morgan fingerprint density at radius 3 is 1.28 bits per heavy atom. The molecule has 2 amide bonds. The first-order valence-corrected chi connectivity index (χ1v) is 24.1. The number of methoxy groups -OCH3 is 2. The minimum Gasteiger partial charge on any atom is -0.381 e. The quantitative estimate of drug-likeness (QED) is 0.159. The smallest absolute Gasteiger partial charge is 0.381 e. The van der Waals surface area contributed by atoms with Crippen molar-refractivity contribution in [2.24, 2.45) is 11.8 Å². The Balaban J connectivity index is 0.000000201. The van der Waals surface area contributed by atoms with Crippen LogP contribution in [0.3, 0.4) is 0 Å². The Morgan fingerprint density at radius 2 is 1.00 bits per heavy atom. The molecule has 4 saturated carbocycles. The molecule has 2 aromatic carbocycles. The summed E-state index contributed by atoms with van der Waals surface area (Å²) in [6, 6.07) is 9.89. The van der Waals surface area contributed by atoms with Gasteiger partial charge in [0, 0.05) is 50.1 Å². The molecule has 1 unspecified atom stereocenters. The summed E-state index contributed by atoms with van der Waals surface area (Å²) in [4.78, 5) is 39.4. The summed E-state index contributed by atoms with van der Waals surface area (Å²) < 4.78 is 148. The molecule has 0 spiro atoms. The van der Waals surface area contributed by atoms with Gasteiger partial charge in [0.2, 0.25) is 11.8 Å². The molecule has 2 aromatic heterocycles. The Labute approximate surface area is 386 Å². The number of benzene rings is 2. The van der Waals surface area contributed by atoms with Crippen LogP contribution in [0.5, 0.6) is 0 Å². The van der Waals surface area contributed by atoms with Crippen molar-refractivity contribution in [3.05, 3.63) is 84.7 Å². The molecule has 4 aromatic rings. The normalized spacial score (nSPS) is 23.8. The van der Waals surface area contributed by atoms with Crippen LogP contribution in [-0.4, -0.2) is 96.6 Å². The Hall–Kier alpha value is -6.08. The summed E-state index contributed by atoms with van der Waals surface area (Å²) in [7, 11) is -6.32. The van der Waals surface area contributed by atoms with E-state index in [0.29, 0.717) is 25.7 Å². The van der Waals surface area contributed by atoms with Gasteiger partial charge in [-0.15, -0.1) is 0 Å². The number of rotatable bonds is 12. The fourth-order valence-electron chi connectivity index (χ4n) is 8.50. The van der Waals surface area contributed by atoms with Crippen molar-refractivity contribution in [2.45, 2.75) is 107 Å². The maximum atomic E-state index is 13.9. The fourth-order valence-corrected chi connectivity index (χ4v) is 12.5. The first-order valence-electron chi connectivity index (χ1n) is 21.0.